The second-order valence-corrected chi connectivity index (χ2v) is 6.73. The maximum absolute atomic E-state index is 12.6. The van der Waals surface area contributed by atoms with Crippen LogP contribution in [0.5, 0.6) is 5.75 Å². The lowest BCUT2D eigenvalue weighted by atomic mass is 10.1. The summed E-state index contributed by atoms with van der Waals surface area (Å²) in [6.07, 6.45) is 1.59. The molecule has 2 aromatic heterocycles. The van der Waals surface area contributed by atoms with Gasteiger partial charge in [-0.3, -0.25) is 4.79 Å². The zero-order chi connectivity index (χ0) is 17.8. The first-order valence-corrected chi connectivity index (χ1v) is 8.85. The maximum Gasteiger partial charge on any atom is 0.200 e. The van der Waals surface area contributed by atoms with Gasteiger partial charge in [-0.05, 0) is 50.2 Å². The molecular weight excluding hydrogens is 338 g/mol. The molecule has 7 heteroatoms. The zero-order valence-electron chi connectivity index (χ0n) is 14.3. The molecular formula is C18H19N3O3S. The van der Waals surface area contributed by atoms with Crippen molar-refractivity contribution >= 4 is 17.5 Å². The normalized spacial score (nSPS) is 12.1. The standard InChI is InChI=1S/C18H19N3O3S/c1-4-23-14-9-7-13(8-10-14)16(22)12(2)25-18-20-19-17(21(18)3)15-6-5-11-24-15/h5-12H,4H2,1-3H3/t12-/m0/s1. The highest BCUT2D eigenvalue weighted by atomic mass is 32.2. The number of ether oxygens (including phenoxy) is 1. The molecule has 0 amide bonds. The third-order valence-corrected chi connectivity index (χ3v) is 4.81. The topological polar surface area (TPSA) is 70.2 Å². The van der Waals surface area contributed by atoms with Crippen molar-refractivity contribution in [3.63, 3.8) is 0 Å². The summed E-state index contributed by atoms with van der Waals surface area (Å²) in [6.45, 7) is 4.39. The van der Waals surface area contributed by atoms with Crippen molar-refractivity contribution in [3.8, 4) is 17.3 Å². The Balaban J connectivity index is 1.71. The predicted molar refractivity (Wildman–Crippen MR) is 96.0 cm³/mol. The Morgan fingerprint density at radius 2 is 2.04 bits per heavy atom. The molecule has 0 bridgehead atoms. The average molecular weight is 357 g/mol. The van der Waals surface area contributed by atoms with Crippen molar-refractivity contribution in [1.29, 1.82) is 0 Å². The number of hydrogen-bond acceptors (Lipinski definition) is 6. The third kappa shape index (κ3) is 3.76. The first kappa shape index (κ1) is 17.3. The van der Waals surface area contributed by atoms with E-state index in [1.807, 2.05) is 43.7 Å². The van der Waals surface area contributed by atoms with Crippen LogP contribution >= 0.6 is 11.8 Å². The van der Waals surface area contributed by atoms with E-state index in [1.54, 1.807) is 24.5 Å². The lowest BCUT2D eigenvalue weighted by molar-refractivity contribution is 0.0994. The molecule has 2 heterocycles. The number of ketones is 1. The number of carbonyl (C=O) groups excluding carboxylic acids is 1. The first-order chi connectivity index (χ1) is 12.1. The van der Waals surface area contributed by atoms with Gasteiger partial charge in [0.25, 0.3) is 0 Å². The summed E-state index contributed by atoms with van der Waals surface area (Å²) in [5.74, 6) is 2.08. The van der Waals surface area contributed by atoms with Gasteiger partial charge in [-0.15, -0.1) is 10.2 Å². The number of Topliss-reactive ketones (excluding diaryl/α,β-unsaturated/α-hetero) is 1. The van der Waals surface area contributed by atoms with Crippen LogP contribution in [0.3, 0.4) is 0 Å². The van der Waals surface area contributed by atoms with E-state index in [4.69, 9.17) is 9.15 Å². The van der Waals surface area contributed by atoms with E-state index in [0.29, 0.717) is 28.9 Å². The number of aromatic nitrogens is 3. The van der Waals surface area contributed by atoms with Gasteiger partial charge in [0, 0.05) is 12.6 Å². The quantitative estimate of drug-likeness (QED) is 0.473. The summed E-state index contributed by atoms with van der Waals surface area (Å²) in [7, 11) is 1.86. The number of nitrogens with zero attached hydrogens (tertiary/aromatic N) is 3. The van der Waals surface area contributed by atoms with Gasteiger partial charge in [0.2, 0.25) is 0 Å². The molecule has 0 aliphatic carbocycles. The minimum atomic E-state index is -0.287. The Bertz CT molecular complexity index is 841. The zero-order valence-corrected chi connectivity index (χ0v) is 15.1. The monoisotopic (exact) mass is 357 g/mol. The third-order valence-electron chi connectivity index (χ3n) is 3.68. The highest BCUT2D eigenvalue weighted by molar-refractivity contribution is 8.00. The Morgan fingerprint density at radius 1 is 1.28 bits per heavy atom. The van der Waals surface area contributed by atoms with Crippen molar-refractivity contribution in [2.24, 2.45) is 7.05 Å². The summed E-state index contributed by atoms with van der Waals surface area (Å²) in [6, 6.07) is 10.8. The molecule has 0 fully saturated rings. The minimum Gasteiger partial charge on any atom is -0.494 e. The first-order valence-electron chi connectivity index (χ1n) is 7.97. The van der Waals surface area contributed by atoms with E-state index in [1.165, 1.54) is 11.8 Å². The second-order valence-electron chi connectivity index (χ2n) is 5.42. The van der Waals surface area contributed by atoms with Crippen LogP contribution in [-0.4, -0.2) is 32.4 Å². The lowest BCUT2D eigenvalue weighted by Gasteiger charge is -2.10. The number of benzene rings is 1. The molecule has 0 unspecified atom stereocenters. The van der Waals surface area contributed by atoms with Crippen LogP contribution in [-0.2, 0) is 7.05 Å². The molecule has 1 atom stereocenters. The predicted octanol–water partition coefficient (Wildman–Crippen LogP) is 3.84. The van der Waals surface area contributed by atoms with Crippen molar-refractivity contribution in [2.45, 2.75) is 24.3 Å². The molecule has 0 spiro atoms. The van der Waals surface area contributed by atoms with Gasteiger partial charge < -0.3 is 13.7 Å². The van der Waals surface area contributed by atoms with Crippen LogP contribution < -0.4 is 4.74 Å². The fraction of sp³-hybridized carbons (Fsp3) is 0.278. The molecule has 0 aliphatic heterocycles. The van der Waals surface area contributed by atoms with Crippen LogP contribution in [0.25, 0.3) is 11.6 Å². The Kier molecular flexibility index (Phi) is 5.23. The van der Waals surface area contributed by atoms with Crippen LogP contribution in [0.2, 0.25) is 0 Å². The Labute approximate surface area is 150 Å². The van der Waals surface area contributed by atoms with Gasteiger partial charge in [-0.25, -0.2) is 0 Å². The van der Waals surface area contributed by atoms with Gasteiger partial charge in [0.05, 0.1) is 18.1 Å². The van der Waals surface area contributed by atoms with Crippen LogP contribution in [0, 0.1) is 0 Å². The van der Waals surface area contributed by atoms with Crippen LogP contribution in [0.4, 0.5) is 0 Å². The molecule has 3 rings (SSSR count). The fourth-order valence-electron chi connectivity index (χ4n) is 2.37. The molecule has 1 aromatic carbocycles. The van der Waals surface area contributed by atoms with Crippen LogP contribution in [0.1, 0.15) is 24.2 Å². The van der Waals surface area contributed by atoms with E-state index < -0.39 is 0 Å². The number of hydrogen-bond donors (Lipinski definition) is 0. The molecule has 0 saturated carbocycles. The van der Waals surface area contributed by atoms with Crippen molar-refractivity contribution in [1.82, 2.24) is 14.8 Å². The largest absolute Gasteiger partial charge is 0.494 e. The van der Waals surface area contributed by atoms with E-state index >= 15 is 0 Å². The van der Waals surface area contributed by atoms with Gasteiger partial charge in [0.1, 0.15) is 5.75 Å². The van der Waals surface area contributed by atoms with Gasteiger partial charge >= 0.3 is 0 Å². The average Bonchev–Trinajstić information content (AvgIpc) is 3.26. The molecule has 0 aliphatic rings. The SMILES string of the molecule is CCOc1ccc(C(=O)[C@H](C)Sc2nnc(-c3ccco3)n2C)cc1. The molecule has 0 saturated heterocycles. The van der Waals surface area contributed by atoms with E-state index in [0.717, 1.165) is 5.75 Å². The molecule has 130 valence electrons. The molecule has 25 heavy (non-hydrogen) atoms. The molecule has 3 aromatic rings. The second kappa shape index (κ2) is 7.57. The minimum absolute atomic E-state index is 0.0376. The van der Waals surface area contributed by atoms with Crippen LogP contribution in [0.15, 0.2) is 52.2 Å². The number of rotatable bonds is 7. The van der Waals surface area contributed by atoms with Crippen molar-refractivity contribution in [2.75, 3.05) is 6.61 Å². The van der Waals surface area contributed by atoms with Gasteiger partial charge in [0.15, 0.2) is 22.5 Å². The highest BCUT2D eigenvalue weighted by Crippen LogP contribution is 2.27. The Morgan fingerprint density at radius 3 is 2.68 bits per heavy atom. The number of furan rings is 1. The fourth-order valence-corrected chi connectivity index (χ4v) is 3.26. The summed E-state index contributed by atoms with van der Waals surface area (Å²) in [5.41, 5.74) is 0.650. The van der Waals surface area contributed by atoms with E-state index in [-0.39, 0.29) is 11.0 Å². The van der Waals surface area contributed by atoms with E-state index in [2.05, 4.69) is 10.2 Å². The molecule has 6 nitrogen and oxygen atoms in total. The van der Waals surface area contributed by atoms with Gasteiger partial charge in [-0.1, -0.05) is 11.8 Å². The highest BCUT2D eigenvalue weighted by Gasteiger charge is 2.21. The summed E-state index contributed by atoms with van der Waals surface area (Å²) < 4.78 is 12.6. The van der Waals surface area contributed by atoms with Gasteiger partial charge in [-0.2, -0.15) is 0 Å². The smallest absolute Gasteiger partial charge is 0.200 e. The van der Waals surface area contributed by atoms with E-state index in [9.17, 15) is 4.79 Å². The van der Waals surface area contributed by atoms with Crippen molar-refractivity contribution < 1.29 is 13.9 Å². The maximum atomic E-state index is 12.6. The van der Waals surface area contributed by atoms with Crippen molar-refractivity contribution in [3.05, 3.63) is 48.2 Å². The summed E-state index contributed by atoms with van der Waals surface area (Å²) in [4.78, 5) is 12.6. The number of thioether (sulfide) groups is 1. The Hall–Kier alpha value is -2.54. The summed E-state index contributed by atoms with van der Waals surface area (Å²) in [5, 5.41) is 8.69. The lowest BCUT2D eigenvalue weighted by Crippen LogP contribution is -2.14. The summed E-state index contributed by atoms with van der Waals surface area (Å²) >= 11 is 1.37. The molecule has 0 radical (unpaired) electrons. The number of carbonyl (C=O) groups is 1. The molecule has 0 N–H and O–H groups in total.